The van der Waals surface area contributed by atoms with Crippen LogP contribution in [0.2, 0.25) is 0 Å². The van der Waals surface area contributed by atoms with Gasteiger partial charge in [0, 0.05) is 12.2 Å². The van der Waals surface area contributed by atoms with Crippen LogP contribution in [-0.2, 0) is 0 Å². The van der Waals surface area contributed by atoms with E-state index in [0.717, 1.165) is 11.3 Å². The van der Waals surface area contributed by atoms with Gasteiger partial charge in [-0.15, -0.1) is 0 Å². The number of anilines is 1. The summed E-state index contributed by atoms with van der Waals surface area (Å²) in [5.74, 6) is 0.520. The highest BCUT2D eigenvalue weighted by atomic mass is 16.3. The van der Waals surface area contributed by atoms with Crippen molar-refractivity contribution in [2.24, 2.45) is 0 Å². The molecule has 0 aliphatic carbocycles. The number of hydrogen-bond donors (Lipinski definition) is 2. The van der Waals surface area contributed by atoms with Gasteiger partial charge in [0.15, 0.2) is 0 Å². The minimum atomic E-state index is -0.488. The molecule has 0 saturated heterocycles. The van der Waals surface area contributed by atoms with E-state index >= 15 is 0 Å². The van der Waals surface area contributed by atoms with Gasteiger partial charge in [0.2, 0.25) is 0 Å². The van der Waals surface area contributed by atoms with Gasteiger partial charge in [-0.25, -0.2) is 0 Å². The summed E-state index contributed by atoms with van der Waals surface area (Å²) >= 11 is 0. The van der Waals surface area contributed by atoms with Crippen molar-refractivity contribution in [1.82, 2.24) is 0 Å². The van der Waals surface area contributed by atoms with Gasteiger partial charge in [-0.3, -0.25) is 0 Å². The van der Waals surface area contributed by atoms with Gasteiger partial charge in [-0.2, -0.15) is 0 Å². The Hall–Kier alpha value is -1.80. The molecule has 0 radical (unpaired) electrons. The van der Waals surface area contributed by atoms with Crippen LogP contribution in [0, 0.1) is 6.92 Å². The third-order valence-corrected chi connectivity index (χ3v) is 3.54. The van der Waals surface area contributed by atoms with Gasteiger partial charge in [0.05, 0.1) is 6.10 Å². The van der Waals surface area contributed by atoms with Gasteiger partial charge < -0.3 is 10.4 Å². The number of aryl methyl sites for hydroxylation is 1. The lowest BCUT2D eigenvalue weighted by Crippen LogP contribution is -2.12. The molecule has 2 aromatic carbocycles. The normalized spacial score (nSPS) is 12.4. The van der Waals surface area contributed by atoms with Gasteiger partial charge in [-0.05, 0) is 36.1 Å². The molecule has 0 spiro atoms. The maximum Gasteiger partial charge on any atom is 0.0962 e. The summed E-state index contributed by atoms with van der Waals surface area (Å²) in [5, 5.41) is 13.5. The molecule has 2 nitrogen and oxygen atoms in total. The number of aliphatic hydroxyl groups excluding tert-OH is 1. The van der Waals surface area contributed by atoms with E-state index in [-0.39, 0.29) is 0 Å². The zero-order valence-corrected chi connectivity index (χ0v) is 12.4. The highest BCUT2D eigenvalue weighted by Crippen LogP contribution is 2.19. The quantitative estimate of drug-likeness (QED) is 0.850. The van der Waals surface area contributed by atoms with E-state index in [4.69, 9.17) is 0 Å². The monoisotopic (exact) mass is 269 g/mol. The second kappa shape index (κ2) is 6.58. The summed E-state index contributed by atoms with van der Waals surface area (Å²) in [4.78, 5) is 0. The molecular formula is C18H23NO. The molecule has 0 bridgehead atoms. The third kappa shape index (κ3) is 3.84. The average molecular weight is 269 g/mol. The van der Waals surface area contributed by atoms with E-state index in [1.165, 1.54) is 11.1 Å². The summed E-state index contributed by atoms with van der Waals surface area (Å²) in [6.07, 6.45) is -0.488. The van der Waals surface area contributed by atoms with Crippen LogP contribution in [-0.4, -0.2) is 11.7 Å². The average Bonchev–Trinajstić information content (AvgIpc) is 2.46. The zero-order chi connectivity index (χ0) is 14.5. The fraction of sp³-hybridized carbons (Fsp3) is 0.333. The second-order valence-electron chi connectivity index (χ2n) is 5.58. The van der Waals surface area contributed by atoms with Crippen molar-refractivity contribution in [3.63, 3.8) is 0 Å². The van der Waals surface area contributed by atoms with Gasteiger partial charge in [-0.1, -0.05) is 55.8 Å². The molecule has 2 rings (SSSR count). The molecule has 1 unspecified atom stereocenters. The number of aliphatic hydroxyl groups is 1. The first-order valence-electron chi connectivity index (χ1n) is 7.14. The smallest absolute Gasteiger partial charge is 0.0962 e. The van der Waals surface area contributed by atoms with E-state index < -0.39 is 6.10 Å². The highest BCUT2D eigenvalue weighted by Gasteiger charge is 2.08. The summed E-state index contributed by atoms with van der Waals surface area (Å²) in [7, 11) is 0. The summed E-state index contributed by atoms with van der Waals surface area (Å²) in [5.41, 5.74) is 4.52. The minimum Gasteiger partial charge on any atom is -0.387 e. The van der Waals surface area contributed by atoms with Crippen molar-refractivity contribution >= 4 is 5.69 Å². The van der Waals surface area contributed by atoms with Gasteiger partial charge in [0.1, 0.15) is 0 Å². The molecule has 2 heteroatoms. The predicted octanol–water partition coefficient (Wildman–Crippen LogP) is 4.26. The molecular weight excluding hydrogens is 246 g/mol. The van der Waals surface area contributed by atoms with Crippen molar-refractivity contribution < 1.29 is 5.11 Å². The van der Waals surface area contributed by atoms with E-state index in [1.807, 2.05) is 24.3 Å². The lowest BCUT2D eigenvalue weighted by Gasteiger charge is -2.14. The first-order chi connectivity index (χ1) is 9.56. The molecule has 0 amide bonds. The lowest BCUT2D eigenvalue weighted by atomic mass is 10.00. The van der Waals surface area contributed by atoms with Crippen LogP contribution in [0.5, 0.6) is 0 Å². The van der Waals surface area contributed by atoms with Crippen LogP contribution in [0.4, 0.5) is 5.69 Å². The molecule has 0 saturated carbocycles. The standard InChI is InChI=1S/C18H23NO/c1-13(2)15-6-8-16(9-7-15)18(20)12-19-17-10-4-14(3)5-11-17/h4-11,13,18-20H,12H2,1-3H3. The number of benzene rings is 2. The Kier molecular flexibility index (Phi) is 4.80. The fourth-order valence-electron chi connectivity index (χ4n) is 2.11. The second-order valence-corrected chi connectivity index (χ2v) is 5.58. The molecule has 0 fully saturated rings. The van der Waals surface area contributed by atoms with Crippen LogP contribution in [0.3, 0.4) is 0 Å². The number of nitrogens with one attached hydrogen (secondary N) is 1. The largest absolute Gasteiger partial charge is 0.387 e. The number of rotatable bonds is 5. The molecule has 0 aliphatic heterocycles. The number of hydrogen-bond acceptors (Lipinski definition) is 2. The van der Waals surface area contributed by atoms with Crippen molar-refractivity contribution in [2.75, 3.05) is 11.9 Å². The van der Waals surface area contributed by atoms with Crippen molar-refractivity contribution in [1.29, 1.82) is 0 Å². The predicted molar refractivity (Wildman–Crippen MR) is 85.2 cm³/mol. The van der Waals surface area contributed by atoms with Crippen molar-refractivity contribution in [2.45, 2.75) is 32.8 Å². The van der Waals surface area contributed by atoms with E-state index in [0.29, 0.717) is 12.5 Å². The Morgan fingerprint density at radius 3 is 2.00 bits per heavy atom. The zero-order valence-electron chi connectivity index (χ0n) is 12.4. The van der Waals surface area contributed by atoms with E-state index in [9.17, 15) is 5.11 Å². The Morgan fingerprint density at radius 1 is 0.900 bits per heavy atom. The molecule has 2 N–H and O–H groups in total. The van der Waals surface area contributed by atoms with E-state index in [2.05, 4.69) is 50.4 Å². The summed E-state index contributed by atoms with van der Waals surface area (Å²) in [6, 6.07) is 16.4. The minimum absolute atomic E-state index is 0.488. The molecule has 0 heterocycles. The molecule has 106 valence electrons. The fourth-order valence-corrected chi connectivity index (χ4v) is 2.11. The van der Waals surface area contributed by atoms with Crippen molar-refractivity contribution in [3.8, 4) is 0 Å². The molecule has 1 atom stereocenters. The highest BCUT2D eigenvalue weighted by molar-refractivity contribution is 5.44. The maximum absolute atomic E-state index is 10.2. The lowest BCUT2D eigenvalue weighted by molar-refractivity contribution is 0.191. The first-order valence-corrected chi connectivity index (χ1v) is 7.14. The Labute approximate surface area is 121 Å². The van der Waals surface area contributed by atoms with Crippen LogP contribution >= 0.6 is 0 Å². The molecule has 0 aliphatic rings. The Bertz CT molecular complexity index is 528. The van der Waals surface area contributed by atoms with Crippen molar-refractivity contribution in [3.05, 3.63) is 65.2 Å². The Balaban J connectivity index is 1.94. The van der Waals surface area contributed by atoms with E-state index in [1.54, 1.807) is 0 Å². The van der Waals surface area contributed by atoms with Crippen LogP contribution < -0.4 is 5.32 Å². The van der Waals surface area contributed by atoms with Crippen LogP contribution in [0.1, 0.15) is 42.6 Å². The molecule has 0 aromatic heterocycles. The summed E-state index contributed by atoms with van der Waals surface area (Å²) < 4.78 is 0. The molecule has 2 aromatic rings. The summed E-state index contributed by atoms with van der Waals surface area (Å²) in [6.45, 7) is 6.92. The maximum atomic E-state index is 10.2. The SMILES string of the molecule is Cc1ccc(NCC(O)c2ccc(C(C)C)cc2)cc1. The first kappa shape index (κ1) is 14.6. The third-order valence-electron chi connectivity index (χ3n) is 3.54. The van der Waals surface area contributed by atoms with Crippen LogP contribution in [0.25, 0.3) is 0 Å². The van der Waals surface area contributed by atoms with Crippen LogP contribution in [0.15, 0.2) is 48.5 Å². The Morgan fingerprint density at radius 2 is 1.45 bits per heavy atom. The molecule has 20 heavy (non-hydrogen) atoms. The topological polar surface area (TPSA) is 32.3 Å². The van der Waals surface area contributed by atoms with Gasteiger partial charge >= 0.3 is 0 Å². The van der Waals surface area contributed by atoms with Gasteiger partial charge in [0.25, 0.3) is 0 Å².